The first kappa shape index (κ1) is 33.6. The van der Waals surface area contributed by atoms with Crippen LogP contribution >= 0.6 is 0 Å². The summed E-state index contributed by atoms with van der Waals surface area (Å²) >= 11 is 0. The van der Waals surface area contributed by atoms with E-state index in [0.29, 0.717) is 0 Å². The first-order valence-electron chi connectivity index (χ1n) is 7.50. The summed E-state index contributed by atoms with van der Waals surface area (Å²) in [6, 6.07) is 0. The van der Waals surface area contributed by atoms with E-state index in [4.69, 9.17) is 0 Å². The molecule has 0 aliphatic carbocycles. The summed E-state index contributed by atoms with van der Waals surface area (Å²) in [5, 5.41) is -7.63. The third-order valence-electron chi connectivity index (χ3n) is 3.77. The van der Waals surface area contributed by atoms with E-state index >= 15 is 0 Å². The summed E-state index contributed by atoms with van der Waals surface area (Å²) in [5.74, 6) is -38.3. The van der Waals surface area contributed by atoms with Crippen LogP contribution in [0, 0.1) is 0 Å². The number of hydrogen-bond acceptors (Lipinski definition) is 3. The van der Waals surface area contributed by atoms with E-state index in [-0.39, 0.29) is 18.9 Å². The second-order valence-electron chi connectivity index (χ2n) is 6.15. The Labute approximate surface area is 181 Å². The maximum atomic E-state index is 13.4. The predicted molar refractivity (Wildman–Crippen MR) is 68.5 cm³/mol. The summed E-state index contributed by atoms with van der Waals surface area (Å²) in [7, 11) is -7.89. The second kappa shape index (κ2) is 9.60. The van der Waals surface area contributed by atoms with Gasteiger partial charge in [-0.2, -0.15) is 65.9 Å². The van der Waals surface area contributed by atoms with Gasteiger partial charge in [0.2, 0.25) is 0 Å². The van der Waals surface area contributed by atoms with Crippen molar-refractivity contribution in [1.29, 1.82) is 0 Å². The SMILES string of the molecule is O=S(=O)([O-])C(F)(F)C(F)(F)C(F)(F)C(F)(F)C(F)(F)C(F)(F)CCCCCC(F)(F)F.[Li+]. The maximum absolute atomic E-state index is 13.4. The van der Waals surface area contributed by atoms with Crippen molar-refractivity contribution >= 4 is 10.1 Å². The Hall–Kier alpha value is -0.543. The average molecular weight is 526 g/mol. The molecule has 0 aromatic heterocycles. The van der Waals surface area contributed by atoms with Crippen LogP contribution in [-0.2, 0) is 10.1 Å². The molecule has 0 N–H and O–H groups in total. The van der Waals surface area contributed by atoms with Crippen molar-refractivity contribution < 1.29 is 97.7 Å². The van der Waals surface area contributed by atoms with E-state index in [1.807, 2.05) is 0 Å². The van der Waals surface area contributed by atoms with Crippen LogP contribution in [0.15, 0.2) is 0 Å². The largest absolute Gasteiger partial charge is 1.00 e. The Morgan fingerprint density at radius 3 is 1.22 bits per heavy atom. The van der Waals surface area contributed by atoms with Crippen molar-refractivity contribution in [2.45, 2.75) is 73.1 Å². The molecule has 0 rings (SSSR count). The molecule has 0 aliphatic rings. The Morgan fingerprint density at radius 2 is 0.875 bits per heavy atom. The predicted octanol–water partition coefficient (Wildman–Crippen LogP) is 2.82. The smallest absolute Gasteiger partial charge is 0.743 e. The summed E-state index contributed by atoms with van der Waals surface area (Å²) in [6.45, 7) is 0. The van der Waals surface area contributed by atoms with E-state index in [1.165, 1.54) is 0 Å². The topological polar surface area (TPSA) is 57.2 Å². The zero-order valence-electron chi connectivity index (χ0n) is 15.3. The van der Waals surface area contributed by atoms with Gasteiger partial charge in [-0.3, -0.25) is 0 Å². The van der Waals surface area contributed by atoms with Gasteiger partial charge in [0.15, 0.2) is 10.1 Å². The summed E-state index contributed by atoms with van der Waals surface area (Å²) in [5.41, 5.74) is 0. The van der Waals surface area contributed by atoms with Crippen molar-refractivity contribution in [3.63, 3.8) is 0 Å². The molecule has 0 radical (unpaired) electrons. The van der Waals surface area contributed by atoms with E-state index in [0.717, 1.165) is 0 Å². The van der Waals surface area contributed by atoms with Crippen LogP contribution in [-0.4, -0.2) is 54.0 Å². The molecular weight excluding hydrogens is 516 g/mol. The van der Waals surface area contributed by atoms with Gasteiger partial charge in [-0.1, -0.05) is 6.42 Å². The van der Waals surface area contributed by atoms with Crippen LogP contribution in [0.5, 0.6) is 0 Å². The quantitative estimate of drug-likeness (QED) is 0.180. The molecule has 0 fully saturated rings. The fourth-order valence-electron chi connectivity index (χ4n) is 1.97. The van der Waals surface area contributed by atoms with Gasteiger partial charge in [-0.25, -0.2) is 8.42 Å². The fourth-order valence-corrected chi connectivity index (χ4v) is 2.41. The molecule has 0 bridgehead atoms. The first-order valence-corrected chi connectivity index (χ1v) is 8.90. The molecule has 0 atom stereocenters. The molecule has 20 heteroatoms. The second-order valence-corrected chi connectivity index (χ2v) is 7.57. The van der Waals surface area contributed by atoms with Crippen molar-refractivity contribution in [2.75, 3.05) is 0 Å². The Morgan fingerprint density at radius 1 is 0.531 bits per heavy atom. The standard InChI is InChI=1S/C12H11F15O3S.Li/c13-6(14,4-2-1-3-5-7(15,16)17)8(18,19)9(20,21)10(22,23)11(24,25)12(26,27)31(28,29)30;/h1-5H2,(H,28,29,30);/q;+1/p-1. The number of halogens is 15. The van der Waals surface area contributed by atoms with Gasteiger partial charge in [0, 0.05) is 12.8 Å². The third-order valence-corrected chi connectivity index (χ3v) is 4.66. The van der Waals surface area contributed by atoms with Gasteiger partial charge < -0.3 is 4.55 Å². The van der Waals surface area contributed by atoms with Gasteiger partial charge in [0.25, 0.3) is 0 Å². The van der Waals surface area contributed by atoms with Crippen molar-refractivity contribution in [2.24, 2.45) is 0 Å². The average Bonchev–Trinajstić information content (AvgIpc) is 2.51. The molecule has 0 saturated carbocycles. The summed E-state index contributed by atoms with van der Waals surface area (Å²) in [4.78, 5) is 0. The Kier molecular flexibility index (Phi) is 10.1. The summed E-state index contributed by atoms with van der Waals surface area (Å²) < 4.78 is 224. The van der Waals surface area contributed by atoms with Crippen molar-refractivity contribution in [1.82, 2.24) is 0 Å². The maximum Gasteiger partial charge on any atom is 1.00 e. The van der Waals surface area contributed by atoms with E-state index in [9.17, 15) is 78.8 Å². The molecule has 0 saturated heterocycles. The number of alkyl halides is 15. The van der Waals surface area contributed by atoms with Gasteiger partial charge in [0.05, 0.1) is 0 Å². The third kappa shape index (κ3) is 5.92. The number of unbranched alkanes of at least 4 members (excludes halogenated alkanes) is 2. The van der Waals surface area contributed by atoms with E-state index < -0.39 is 83.3 Å². The Balaban J connectivity index is 0. The molecule has 0 unspecified atom stereocenters. The molecular formula is C12H10F15LiO3S. The monoisotopic (exact) mass is 526 g/mol. The fraction of sp³-hybridized carbons (Fsp3) is 1.00. The van der Waals surface area contributed by atoms with Crippen LogP contribution in [0.2, 0.25) is 0 Å². The van der Waals surface area contributed by atoms with Gasteiger partial charge in [-0.05, 0) is 12.8 Å². The van der Waals surface area contributed by atoms with Crippen LogP contribution < -0.4 is 18.9 Å². The molecule has 0 spiro atoms. The molecule has 0 amide bonds. The summed E-state index contributed by atoms with van der Waals surface area (Å²) in [6.07, 6.45) is -12.4. The zero-order chi connectivity index (χ0) is 25.5. The molecule has 0 aromatic carbocycles. The minimum absolute atomic E-state index is 0. The molecule has 32 heavy (non-hydrogen) atoms. The minimum Gasteiger partial charge on any atom is -0.743 e. The zero-order valence-corrected chi connectivity index (χ0v) is 16.2. The molecule has 0 aliphatic heterocycles. The molecule has 3 nitrogen and oxygen atoms in total. The Bertz CT molecular complexity index is 732. The van der Waals surface area contributed by atoms with Gasteiger partial charge in [0.1, 0.15) is 0 Å². The first-order chi connectivity index (χ1) is 13.2. The van der Waals surface area contributed by atoms with Crippen LogP contribution in [0.25, 0.3) is 0 Å². The van der Waals surface area contributed by atoms with Gasteiger partial charge in [-0.15, -0.1) is 0 Å². The van der Waals surface area contributed by atoms with Crippen LogP contribution in [0.1, 0.15) is 32.1 Å². The number of hydrogen-bond donors (Lipinski definition) is 0. The van der Waals surface area contributed by atoms with Crippen LogP contribution in [0.4, 0.5) is 65.9 Å². The van der Waals surface area contributed by atoms with Crippen molar-refractivity contribution in [3.8, 4) is 0 Å². The molecule has 188 valence electrons. The molecule has 0 heterocycles. The number of rotatable bonds is 11. The van der Waals surface area contributed by atoms with Gasteiger partial charge >= 0.3 is 59.9 Å². The minimum atomic E-state index is -8.22. The van der Waals surface area contributed by atoms with Crippen LogP contribution in [0.3, 0.4) is 0 Å². The van der Waals surface area contributed by atoms with Crippen molar-refractivity contribution in [3.05, 3.63) is 0 Å². The molecule has 0 aromatic rings. The normalized spacial score (nSPS) is 15.5. The van der Waals surface area contributed by atoms with E-state index in [1.54, 1.807) is 0 Å². The van der Waals surface area contributed by atoms with E-state index in [2.05, 4.69) is 0 Å².